The van der Waals surface area contributed by atoms with E-state index in [4.69, 9.17) is 34.0 Å². The van der Waals surface area contributed by atoms with Crippen LogP contribution in [0.5, 0.6) is 11.5 Å². The third kappa shape index (κ3) is 9.79. The van der Waals surface area contributed by atoms with Gasteiger partial charge in [-0.1, -0.05) is 18.2 Å². The van der Waals surface area contributed by atoms with Gasteiger partial charge in [-0.25, -0.2) is 9.59 Å². The van der Waals surface area contributed by atoms with E-state index in [1.54, 1.807) is 57.2 Å². The molecule has 1 heterocycles. The number of carbonyl (C=O) groups is 4. The summed E-state index contributed by atoms with van der Waals surface area (Å²) in [6, 6.07) is 7.77. The fourth-order valence-corrected chi connectivity index (χ4v) is 5.80. The average Bonchev–Trinajstić information content (AvgIpc) is 3.25. The average molecular weight is 810 g/mol. The number of carbonyl (C=O) groups excluding carboxylic acids is 4. The standard InChI is InChI=1S/C34H48BIN4O10/c1-32(2,3)48-31(44)40(8)26(20-13-15-25(46-10)22(36)18-20)28(41)39-27(37)29(42)38-23(30(43)47-11)17-19-12-14-24(45-9)21(16-19)35-49-33(4,5)34(6,7)50-35/h12-16,18,23,26-27H,17,37H2,1-11H3,(H,38,42)(H,39,41)/t23-,26-,27+/m0/s1. The molecule has 0 radical (unpaired) electrons. The summed E-state index contributed by atoms with van der Waals surface area (Å²) in [5.74, 6) is -1.28. The molecule has 3 atom stereocenters. The lowest BCUT2D eigenvalue weighted by atomic mass is 9.77. The van der Waals surface area contributed by atoms with Crippen molar-refractivity contribution in [3.05, 3.63) is 51.1 Å². The Balaban J connectivity index is 1.83. The summed E-state index contributed by atoms with van der Waals surface area (Å²) in [4.78, 5) is 54.1. The van der Waals surface area contributed by atoms with Crippen molar-refractivity contribution in [2.75, 3.05) is 28.4 Å². The number of rotatable bonds is 12. The van der Waals surface area contributed by atoms with Gasteiger partial charge in [-0.3, -0.25) is 14.5 Å². The van der Waals surface area contributed by atoms with Crippen molar-refractivity contribution < 1.29 is 47.4 Å². The highest BCUT2D eigenvalue weighted by Gasteiger charge is 2.52. The predicted octanol–water partition coefficient (Wildman–Crippen LogP) is 2.82. The topological polar surface area (TPSA) is 177 Å². The number of esters is 1. The molecule has 0 saturated carbocycles. The summed E-state index contributed by atoms with van der Waals surface area (Å²) in [6.07, 6.45) is -2.38. The molecule has 4 N–H and O–H groups in total. The van der Waals surface area contributed by atoms with Crippen molar-refractivity contribution in [3.8, 4) is 11.5 Å². The number of ether oxygens (including phenoxy) is 4. The molecule has 1 fully saturated rings. The second-order valence-corrected chi connectivity index (χ2v) is 15.0. The van der Waals surface area contributed by atoms with Crippen LogP contribution in [0.25, 0.3) is 0 Å². The second-order valence-electron chi connectivity index (χ2n) is 13.8. The number of likely N-dealkylation sites (N-methyl/N-ethyl adjacent to an activating group) is 1. The number of hydrogen-bond acceptors (Lipinski definition) is 11. The van der Waals surface area contributed by atoms with E-state index in [2.05, 4.69) is 10.6 Å². The Hall–Kier alpha value is -3.61. The van der Waals surface area contributed by atoms with Crippen LogP contribution in [0.3, 0.4) is 0 Å². The van der Waals surface area contributed by atoms with Crippen molar-refractivity contribution in [1.82, 2.24) is 15.5 Å². The van der Waals surface area contributed by atoms with Crippen LogP contribution >= 0.6 is 22.6 Å². The van der Waals surface area contributed by atoms with Crippen molar-refractivity contribution in [3.63, 3.8) is 0 Å². The number of benzene rings is 2. The largest absolute Gasteiger partial charge is 0.498 e. The highest BCUT2D eigenvalue weighted by molar-refractivity contribution is 14.1. The van der Waals surface area contributed by atoms with Gasteiger partial charge < -0.3 is 44.6 Å². The molecular formula is C34H48BIN4O10. The van der Waals surface area contributed by atoms with E-state index in [1.807, 2.05) is 50.3 Å². The second kappa shape index (κ2) is 16.2. The van der Waals surface area contributed by atoms with Crippen LogP contribution in [-0.2, 0) is 39.6 Å². The van der Waals surface area contributed by atoms with Crippen LogP contribution in [-0.4, -0.2) is 93.3 Å². The molecule has 0 aromatic heterocycles. The van der Waals surface area contributed by atoms with Gasteiger partial charge in [-0.2, -0.15) is 0 Å². The molecule has 3 amide bonds. The molecule has 2 aromatic rings. The zero-order chi connectivity index (χ0) is 37.8. The molecule has 14 nitrogen and oxygen atoms in total. The number of nitrogens with two attached hydrogens (primary N) is 1. The Kier molecular flexibility index (Phi) is 13.2. The van der Waals surface area contributed by atoms with Gasteiger partial charge in [0.05, 0.1) is 36.1 Å². The van der Waals surface area contributed by atoms with Crippen molar-refractivity contribution in [2.24, 2.45) is 5.73 Å². The maximum absolute atomic E-state index is 13.7. The van der Waals surface area contributed by atoms with Crippen LogP contribution in [0.2, 0.25) is 0 Å². The van der Waals surface area contributed by atoms with Gasteiger partial charge in [0, 0.05) is 18.9 Å². The smallest absolute Gasteiger partial charge is 0.497 e. The highest BCUT2D eigenvalue weighted by atomic mass is 127. The number of halogens is 1. The van der Waals surface area contributed by atoms with Crippen LogP contribution < -0.4 is 31.3 Å². The first-order valence-corrected chi connectivity index (χ1v) is 17.0. The molecule has 1 saturated heterocycles. The van der Waals surface area contributed by atoms with E-state index in [0.717, 1.165) is 4.90 Å². The number of nitrogens with zero attached hydrogens (tertiary/aromatic N) is 1. The molecule has 3 rings (SSSR count). The van der Waals surface area contributed by atoms with E-state index in [0.29, 0.717) is 31.7 Å². The molecule has 1 aliphatic rings. The first-order valence-electron chi connectivity index (χ1n) is 15.9. The van der Waals surface area contributed by atoms with Gasteiger partial charge in [-0.15, -0.1) is 0 Å². The SMILES string of the molecule is COC(=O)[C@H](Cc1ccc(OC)c(B2OC(C)(C)C(C)(C)O2)c1)NC(=O)[C@H](N)NC(=O)[C@H](c1ccc(OC)c(I)c1)N(C)C(=O)OC(C)(C)C. The zero-order valence-electron chi connectivity index (χ0n) is 30.5. The van der Waals surface area contributed by atoms with Gasteiger partial charge in [0.15, 0.2) is 6.17 Å². The normalized spacial score (nSPS) is 16.8. The van der Waals surface area contributed by atoms with Crippen LogP contribution in [0.1, 0.15) is 65.6 Å². The minimum atomic E-state index is -1.61. The van der Waals surface area contributed by atoms with Crippen molar-refractivity contribution >= 4 is 59.0 Å². The lowest BCUT2D eigenvalue weighted by molar-refractivity contribution is -0.145. The summed E-state index contributed by atoms with van der Waals surface area (Å²) >= 11 is 2.05. The summed E-state index contributed by atoms with van der Waals surface area (Å²) in [5.41, 5.74) is 5.78. The highest BCUT2D eigenvalue weighted by Crippen LogP contribution is 2.37. The maximum atomic E-state index is 13.7. The minimum Gasteiger partial charge on any atom is -0.497 e. The molecule has 1 aliphatic heterocycles. The lowest BCUT2D eigenvalue weighted by Gasteiger charge is -2.32. The first kappa shape index (κ1) is 40.8. The van der Waals surface area contributed by atoms with Crippen molar-refractivity contribution in [1.29, 1.82) is 0 Å². The molecule has 0 unspecified atom stereocenters. The fourth-order valence-electron chi connectivity index (χ4n) is 5.04. The van der Waals surface area contributed by atoms with E-state index in [9.17, 15) is 19.2 Å². The van der Waals surface area contributed by atoms with Gasteiger partial charge in [0.1, 0.15) is 29.2 Å². The Morgan fingerprint density at radius 2 is 1.50 bits per heavy atom. The summed E-state index contributed by atoms with van der Waals surface area (Å²) < 4.78 is 34.5. The number of methoxy groups -OCH3 is 3. The van der Waals surface area contributed by atoms with Crippen molar-refractivity contribution in [2.45, 2.75) is 89.9 Å². The third-order valence-corrected chi connectivity index (χ3v) is 9.28. The summed E-state index contributed by atoms with van der Waals surface area (Å²) in [6.45, 7) is 12.8. The van der Waals surface area contributed by atoms with Crippen LogP contribution in [0.15, 0.2) is 36.4 Å². The zero-order valence-corrected chi connectivity index (χ0v) is 32.6. The maximum Gasteiger partial charge on any atom is 0.498 e. The van der Waals surface area contributed by atoms with E-state index in [-0.39, 0.29) is 6.42 Å². The molecule has 16 heteroatoms. The quantitative estimate of drug-likeness (QED) is 0.124. The van der Waals surface area contributed by atoms with Crippen LogP contribution in [0.4, 0.5) is 4.79 Å². The number of nitrogens with one attached hydrogen (secondary N) is 2. The molecule has 0 bridgehead atoms. The predicted molar refractivity (Wildman–Crippen MR) is 195 cm³/mol. The lowest BCUT2D eigenvalue weighted by Crippen LogP contribution is -2.58. The van der Waals surface area contributed by atoms with E-state index in [1.165, 1.54) is 28.4 Å². The number of hydrogen-bond donors (Lipinski definition) is 3. The van der Waals surface area contributed by atoms with Crippen LogP contribution in [0, 0.1) is 3.57 Å². The molecule has 274 valence electrons. The van der Waals surface area contributed by atoms with E-state index >= 15 is 0 Å². The summed E-state index contributed by atoms with van der Waals surface area (Å²) in [7, 11) is 4.90. The van der Waals surface area contributed by atoms with E-state index < -0.39 is 66.0 Å². The van der Waals surface area contributed by atoms with Gasteiger partial charge in [-0.05, 0) is 100 Å². The molecule has 0 aliphatic carbocycles. The summed E-state index contributed by atoms with van der Waals surface area (Å²) in [5, 5.41) is 5.05. The molecule has 0 spiro atoms. The third-order valence-electron chi connectivity index (χ3n) is 8.43. The van der Waals surface area contributed by atoms with Gasteiger partial charge in [0.2, 0.25) is 5.91 Å². The minimum absolute atomic E-state index is 0.00384. The molecule has 50 heavy (non-hydrogen) atoms. The Labute approximate surface area is 307 Å². The Bertz CT molecular complexity index is 1570. The molecular weight excluding hydrogens is 762 g/mol. The number of amides is 3. The Morgan fingerprint density at radius 1 is 0.920 bits per heavy atom. The Morgan fingerprint density at radius 3 is 2.02 bits per heavy atom. The molecule has 2 aromatic carbocycles. The fraction of sp³-hybridized carbons (Fsp3) is 0.529. The monoisotopic (exact) mass is 810 g/mol. The van der Waals surface area contributed by atoms with Gasteiger partial charge >= 0.3 is 19.2 Å². The first-order chi connectivity index (χ1) is 23.1. The van der Waals surface area contributed by atoms with Gasteiger partial charge in [0.25, 0.3) is 5.91 Å².